The van der Waals surface area contributed by atoms with Crippen molar-refractivity contribution >= 4 is 5.97 Å². The predicted molar refractivity (Wildman–Crippen MR) is 50.9 cm³/mol. The number of rotatable bonds is 4. The summed E-state index contributed by atoms with van der Waals surface area (Å²) in [6, 6.07) is 5.35. The monoisotopic (exact) mass is 196 g/mol. The molecule has 0 heterocycles. The molecule has 0 aliphatic heterocycles. The maximum atomic E-state index is 10.3. The Labute approximate surface area is 82.1 Å². The molecule has 1 aromatic rings. The minimum Gasteiger partial charge on any atom is -0.493 e. The van der Waals surface area contributed by atoms with Gasteiger partial charge in [-0.3, -0.25) is 0 Å². The molecule has 1 aromatic carbocycles. The molecule has 4 nitrogen and oxygen atoms in total. The Bertz CT molecular complexity index is 333. The van der Waals surface area contributed by atoms with E-state index in [1.807, 2.05) is 13.0 Å². The van der Waals surface area contributed by atoms with E-state index in [4.69, 9.17) is 14.6 Å². The van der Waals surface area contributed by atoms with Crippen molar-refractivity contribution in [3.8, 4) is 11.5 Å². The van der Waals surface area contributed by atoms with Crippen molar-refractivity contribution in [3.63, 3.8) is 0 Å². The summed E-state index contributed by atoms with van der Waals surface area (Å²) in [4.78, 5) is 10.3. The van der Waals surface area contributed by atoms with E-state index >= 15 is 0 Å². The molecule has 14 heavy (non-hydrogen) atoms. The maximum absolute atomic E-state index is 10.3. The Balaban J connectivity index is 2.82. The fourth-order valence-corrected chi connectivity index (χ4v) is 1.04. The molecule has 0 saturated heterocycles. The number of benzene rings is 1. The molecule has 1 rings (SSSR count). The second-order valence-corrected chi connectivity index (χ2v) is 2.84. The van der Waals surface area contributed by atoms with Crippen molar-refractivity contribution in [2.75, 3.05) is 13.7 Å². The van der Waals surface area contributed by atoms with Crippen LogP contribution in [0.25, 0.3) is 0 Å². The van der Waals surface area contributed by atoms with Gasteiger partial charge in [0.1, 0.15) is 0 Å². The summed E-state index contributed by atoms with van der Waals surface area (Å²) in [5.41, 5.74) is 0.992. The fraction of sp³-hybridized carbons (Fsp3) is 0.300. The molecule has 0 aliphatic carbocycles. The van der Waals surface area contributed by atoms with Gasteiger partial charge in [-0.05, 0) is 24.6 Å². The first-order valence-electron chi connectivity index (χ1n) is 4.12. The van der Waals surface area contributed by atoms with E-state index in [9.17, 15) is 4.79 Å². The van der Waals surface area contributed by atoms with Gasteiger partial charge in [0.05, 0.1) is 7.11 Å². The maximum Gasteiger partial charge on any atom is 0.341 e. The van der Waals surface area contributed by atoms with E-state index in [0.29, 0.717) is 11.5 Å². The second kappa shape index (κ2) is 4.50. The molecule has 0 atom stereocenters. The fourth-order valence-electron chi connectivity index (χ4n) is 1.04. The zero-order valence-corrected chi connectivity index (χ0v) is 8.11. The van der Waals surface area contributed by atoms with Gasteiger partial charge < -0.3 is 14.6 Å². The predicted octanol–water partition coefficient (Wildman–Crippen LogP) is 1.47. The molecule has 0 unspecified atom stereocenters. The summed E-state index contributed by atoms with van der Waals surface area (Å²) in [5, 5.41) is 8.44. The molecule has 0 radical (unpaired) electrons. The number of aryl methyl sites for hydroxylation is 1. The van der Waals surface area contributed by atoms with Crippen LogP contribution in [0.4, 0.5) is 0 Å². The topological polar surface area (TPSA) is 55.8 Å². The minimum atomic E-state index is -1.01. The second-order valence-electron chi connectivity index (χ2n) is 2.84. The van der Waals surface area contributed by atoms with E-state index in [0.717, 1.165) is 5.56 Å². The lowest BCUT2D eigenvalue weighted by molar-refractivity contribution is -0.139. The highest BCUT2D eigenvalue weighted by Crippen LogP contribution is 2.27. The third-order valence-electron chi connectivity index (χ3n) is 1.67. The standard InChI is InChI=1S/C10H12O4/c1-7-3-4-8(13-2)9(5-7)14-6-10(11)12/h3-5H,6H2,1-2H3,(H,11,12). The quantitative estimate of drug-likeness (QED) is 0.792. The van der Waals surface area contributed by atoms with Gasteiger partial charge in [-0.25, -0.2) is 4.79 Å². The van der Waals surface area contributed by atoms with Crippen molar-refractivity contribution in [1.82, 2.24) is 0 Å². The molecular weight excluding hydrogens is 184 g/mol. The van der Waals surface area contributed by atoms with Crippen LogP contribution in [-0.2, 0) is 4.79 Å². The molecule has 4 heteroatoms. The van der Waals surface area contributed by atoms with Crippen LogP contribution in [0.15, 0.2) is 18.2 Å². The number of carbonyl (C=O) groups is 1. The molecule has 0 saturated carbocycles. The van der Waals surface area contributed by atoms with Crippen molar-refractivity contribution in [2.24, 2.45) is 0 Å². The Morgan fingerprint density at radius 1 is 1.43 bits per heavy atom. The van der Waals surface area contributed by atoms with Gasteiger partial charge in [-0.2, -0.15) is 0 Å². The van der Waals surface area contributed by atoms with Gasteiger partial charge in [-0.15, -0.1) is 0 Å². The van der Waals surface area contributed by atoms with Crippen LogP contribution in [0.2, 0.25) is 0 Å². The van der Waals surface area contributed by atoms with Crippen LogP contribution in [-0.4, -0.2) is 24.8 Å². The van der Waals surface area contributed by atoms with E-state index in [1.165, 1.54) is 7.11 Å². The van der Waals surface area contributed by atoms with E-state index in [2.05, 4.69) is 0 Å². The Kier molecular flexibility index (Phi) is 3.34. The van der Waals surface area contributed by atoms with Gasteiger partial charge in [0.15, 0.2) is 18.1 Å². The van der Waals surface area contributed by atoms with Crippen LogP contribution in [0.3, 0.4) is 0 Å². The van der Waals surface area contributed by atoms with Crippen molar-refractivity contribution in [1.29, 1.82) is 0 Å². The molecule has 0 aromatic heterocycles. The summed E-state index contributed by atoms with van der Waals surface area (Å²) in [6.07, 6.45) is 0. The summed E-state index contributed by atoms with van der Waals surface area (Å²) >= 11 is 0. The Morgan fingerprint density at radius 2 is 2.14 bits per heavy atom. The Morgan fingerprint density at radius 3 is 2.71 bits per heavy atom. The summed E-state index contributed by atoms with van der Waals surface area (Å²) in [5.74, 6) is -0.0136. The lowest BCUT2D eigenvalue weighted by Gasteiger charge is -2.09. The molecule has 76 valence electrons. The first kappa shape index (κ1) is 10.4. The highest BCUT2D eigenvalue weighted by molar-refractivity contribution is 5.68. The van der Waals surface area contributed by atoms with Gasteiger partial charge in [0.2, 0.25) is 0 Å². The molecule has 1 N–H and O–H groups in total. The van der Waals surface area contributed by atoms with Gasteiger partial charge >= 0.3 is 5.97 Å². The van der Waals surface area contributed by atoms with E-state index in [-0.39, 0.29) is 6.61 Å². The average molecular weight is 196 g/mol. The number of hydrogen-bond donors (Lipinski definition) is 1. The zero-order valence-electron chi connectivity index (χ0n) is 8.11. The molecule has 0 amide bonds. The number of carboxylic acids is 1. The molecule has 0 aliphatic rings. The lowest BCUT2D eigenvalue weighted by Crippen LogP contribution is -2.10. The van der Waals surface area contributed by atoms with Crippen LogP contribution in [0, 0.1) is 6.92 Å². The van der Waals surface area contributed by atoms with Crippen molar-refractivity contribution in [2.45, 2.75) is 6.92 Å². The summed E-state index contributed by atoms with van der Waals surface area (Å²) in [6.45, 7) is 1.53. The van der Waals surface area contributed by atoms with E-state index in [1.54, 1.807) is 12.1 Å². The normalized spacial score (nSPS) is 9.57. The molecule has 0 fully saturated rings. The molecule has 0 spiro atoms. The zero-order chi connectivity index (χ0) is 10.6. The highest BCUT2D eigenvalue weighted by Gasteiger charge is 2.05. The molecular formula is C10H12O4. The third kappa shape index (κ3) is 2.65. The van der Waals surface area contributed by atoms with Crippen LogP contribution >= 0.6 is 0 Å². The average Bonchev–Trinajstić information content (AvgIpc) is 2.15. The number of aliphatic carboxylic acids is 1. The largest absolute Gasteiger partial charge is 0.493 e. The van der Waals surface area contributed by atoms with Crippen LogP contribution in [0.5, 0.6) is 11.5 Å². The minimum absolute atomic E-state index is 0.361. The molecule has 0 bridgehead atoms. The number of carboxylic acid groups (broad SMARTS) is 1. The van der Waals surface area contributed by atoms with Gasteiger partial charge in [0.25, 0.3) is 0 Å². The smallest absolute Gasteiger partial charge is 0.341 e. The summed E-state index contributed by atoms with van der Waals surface area (Å²) < 4.78 is 10.1. The number of ether oxygens (including phenoxy) is 2. The third-order valence-corrected chi connectivity index (χ3v) is 1.67. The first-order valence-corrected chi connectivity index (χ1v) is 4.12. The first-order chi connectivity index (χ1) is 6.63. The Hall–Kier alpha value is -1.71. The SMILES string of the molecule is COc1ccc(C)cc1OCC(=O)O. The highest BCUT2D eigenvalue weighted by atomic mass is 16.5. The van der Waals surface area contributed by atoms with Crippen LogP contribution < -0.4 is 9.47 Å². The van der Waals surface area contributed by atoms with Crippen molar-refractivity contribution < 1.29 is 19.4 Å². The van der Waals surface area contributed by atoms with Gasteiger partial charge in [0, 0.05) is 0 Å². The van der Waals surface area contributed by atoms with Crippen molar-refractivity contribution in [3.05, 3.63) is 23.8 Å². The van der Waals surface area contributed by atoms with Gasteiger partial charge in [-0.1, -0.05) is 6.07 Å². The summed E-state index contributed by atoms with van der Waals surface area (Å²) in [7, 11) is 1.51. The lowest BCUT2D eigenvalue weighted by atomic mass is 10.2. The number of hydrogen-bond acceptors (Lipinski definition) is 3. The van der Waals surface area contributed by atoms with E-state index < -0.39 is 5.97 Å². The number of methoxy groups -OCH3 is 1. The van der Waals surface area contributed by atoms with Crippen LogP contribution in [0.1, 0.15) is 5.56 Å².